The average molecular weight is 384 g/mol. The lowest BCUT2D eigenvalue weighted by molar-refractivity contribution is 0.770. The van der Waals surface area contributed by atoms with E-state index < -0.39 is 6.04 Å². The highest BCUT2D eigenvalue weighted by molar-refractivity contribution is 5.98. The zero-order chi connectivity index (χ0) is 20.5. The zero-order valence-corrected chi connectivity index (χ0v) is 15.4. The molecule has 3 aromatic rings. The second-order valence-electron chi connectivity index (χ2n) is 6.40. The first-order valence-corrected chi connectivity index (χ1v) is 8.60. The van der Waals surface area contributed by atoms with Crippen LogP contribution in [0, 0.1) is 22.8 Å². The molecule has 1 aliphatic heterocycles. The molecule has 0 spiro atoms. The molecule has 29 heavy (non-hydrogen) atoms. The van der Waals surface area contributed by atoms with Crippen LogP contribution in [0.4, 0.5) is 17.3 Å². The lowest BCUT2D eigenvalue weighted by Gasteiger charge is -2.26. The summed E-state index contributed by atoms with van der Waals surface area (Å²) in [6.45, 7) is 0. The number of pyridine rings is 1. The molecule has 0 amide bonds. The maximum atomic E-state index is 9.42. The first-order chi connectivity index (χ1) is 14.0. The van der Waals surface area contributed by atoms with Gasteiger partial charge in [-0.05, 0) is 17.7 Å². The zero-order valence-electron chi connectivity index (χ0n) is 15.4. The minimum Gasteiger partial charge on any atom is -0.397 e. The predicted molar refractivity (Wildman–Crippen MR) is 108 cm³/mol. The molecule has 1 unspecified atom stereocenters. The van der Waals surface area contributed by atoms with Gasteiger partial charge in [0.05, 0.1) is 11.4 Å². The largest absolute Gasteiger partial charge is 0.397 e. The summed E-state index contributed by atoms with van der Waals surface area (Å²) in [5, 5.41) is 28.2. The molecule has 0 radical (unpaired) electrons. The Morgan fingerprint density at radius 3 is 2.76 bits per heavy atom. The Kier molecular flexibility index (Phi) is 4.22. The van der Waals surface area contributed by atoms with Crippen LogP contribution in [0.5, 0.6) is 0 Å². The molecule has 10 nitrogen and oxygen atoms in total. The molecule has 0 bridgehead atoms. The van der Waals surface area contributed by atoms with Gasteiger partial charge < -0.3 is 16.8 Å². The number of hydrogen-bond acceptors (Lipinski definition) is 9. The van der Waals surface area contributed by atoms with Crippen LogP contribution in [-0.2, 0) is 7.05 Å². The average Bonchev–Trinajstić information content (AvgIpc) is 3.14. The molecule has 3 heterocycles. The number of nitrogens with two attached hydrogens (primary N) is 2. The first-order valence-electron chi connectivity index (χ1n) is 8.60. The van der Waals surface area contributed by atoms with E-state index in [-0.39, 0.29) is 23.0 Å². The van der Waals surface area contributed by atoms with E-state index in [2.05, 4.69) is 25.7 Å². The SMILES string of the molecule is Cn1ccc(-c2cccc(C3N=C(NC#N)Nc4nc(N)c(C#N)c(N)c43)c2)n1. The molecule has 142 valence electrons. The number of nitriles is 2. The van der Waals surface area contributed by atoms with E-state index in [1.54, 1.807) is 4.68 Å². The fraction of sp³-hybridized carbons (Fsp3) is 0.105. The Morgan fingerprint density at radius 1 is 1.24 bits per heavy atom. The molecule has 10 heteroatoms. The van der Waals surface area contributed by atoms with E-state index in [9.17, 15) is 5.26 Å². The second kappa shape index (κ2) is 6.87. The van der Waals surface area contributed by atoms with Crippen molar-refractivity contribution in [1.82, 2.24) is 20.1 Å². The summed E-state index contributed by atoms with van der Waals surface area (Å²) in [5.41, 5.74) is 15.5. The van der Waals surface area contributed by atoms with Gasteiger partial charge in [-0.15, -0.1) is 0 Å². The van der Waals surface area contributed by atoms with Crippen LogP contribution in [0.15, 0.2) is 41.5 Å². The number of benzene rings is 1. The van der Waals surface area contributed by atoms with Gasteiger partial charge in [0, 0.05) is 24.4 Å². The van der Waals surface area contributed by atoms with Crippen molar-refractivity contribution >= 4 is 23.3 Å². The molecule has 0 aliphatic carbocycles. The highest BCUT2D eigenvalue weighted by Crippen LogP contribution is 2.41. The molecule has 0 saturated carbocycles. The summed E-state index contributed by atoms with van der Waals surface area (Å²) in [4.78, 5) is 8.82. The van der Waals surface area contributed by atoms with E-state index >= 15 is 0 Å². The van der Waals surface area contributed by atoms with E-state index in [0.29, 0.717) is 11.4 Å². The van der Waals surface area contributed by atoms with Crippen LogP contribution in [-0.4, -0.2) is 20.7 Å². The number of rotatable bonds is 2. The molecule has 1 aliphatic rings. The number of hydrogen-bond donors (Lipinski definition) is 4. The summed E-state index contributed by atoms with van der Waals surface area (Å²) in [7, 11) is 1.85. The molecule has 2 aromatic heterocycles. The number of guanidine groups is 1. The third-order valence-corrected chi connectivity index (χ3v) is 4.57. The third-order valence-electron chi connectivity index (χ3n) is 4.57. The van der Waals surface area contributed by atoms with Crippen LogP contribution in [0.2, 0.25) is 0 Å². The fourth-order valence-electron chi connectivity index (χ4n) is 3.26. The van der Waals surface area contributed by atoms with Crippen molar-refractivity contribution in [3.8, 4) is 23.5 Å². The molecule has 1 atom stereocenters. The van der Waals surface area contributed by atoms with Crippen LogP contribution in [0.1, 0.15) is 22.7 Å². The van der Waals surface area contributed by atoms with Crippen molar-refractivity contribution in [3.05, 3.63) is 53.2 Å². The summed E-state index contributed by atoms with van der Waals surface area (Å²) in [5.74, 6) is 0.569. The number of nitrogen functional groups attached to an aromatic ring is 2. The van der Waals surface area contributed by atoms with Gasteiger partial charge in [-0.1, -0.05) is 18.2 Å². The minimum absolute atomic E-state index is 0.00967. The maximum absolute atomic E-state index is 9.42. The predicted octanol–water partition coefficient (Wildman–Crippen LogP) is 1.46. The van der Waals surface area contributed by atoms with Gasteiger partial charge in [0.15, 0.2) is 6.19 Å². The molecular weight excluding hydrogens is 368 g/mol. The highest BCUT2D eigenvalue weighted by atomic mass is 15.2. The monoisotopic (exact) mass is 384 g/mol. The summed E-state index contributed by atoms with van der Waals surface area (Å²) in [6.07, 6.45) is 3.69. The summed E-state index contributed by atoms with van der Waals surface area (Å²) >= 11 is 0. The van der Waals surface area contributed by atoms with Crippen molar-refractivity contribution in [1.29, 1.82) is 10.5 Å². The Morgan fingerprint density at radius 2 is 2.07 bits per heavy atom. The van der Waals surface area contributed by atoms with Crippen LogP contribution >= 0.6 is 0 Å². The summed E-state index contributed by atoms with van der Waals surface area (Å²) in [6, 6.07) is 11.0. The lowest BCUT2D eigenvalue weighted by Crippen LogP contribution is -2.32. The van der Waals surface area contributed by atoms with Gasteiger partial charge in [-0.3, -0.25) is 10.00 Å². The van der Waals surface area contributed by atoms with Crippen molar-refractivity contribution in [2.45, 2.75) is 6.04 Å². The second-order valence-corrected chi connectivity index (χ2v) is 6.40. The van der Waals surface area contributed by atoms with Crippen LogP contribution in [0.25, 0.3) is 11.3 Å². The standard InChI is InChI=1S/C19H16N10/c1-29-6-5-13(28-29)10-3-2-4-11(7-10)16-14-15(22)12(8-20)17(23)26-18(14)27-19(25-16)24-9-21/h2-7,16H,1H3,(H6,22,23,24,25,26,27). The number of aliphatic imine (C=N–C) groups is 1. The Bertz CT molecular complexity index is 1220. The van der Waals surface area contributed by atoms with Crippen molar-refractivity contribution in [2.24, 2.45) is 12.0 Å². The molecule has 4 rings (SSSR count). The third kappa shape index (κ3) is 3.05. The van der Waals surface area contributed by atoms with Crippen LogP contribution in [0.3, 0.4) is 0 Å². The quantitative estimate of drug-likeness (QED) is 0.380. The van der Waals surface area contributed by atoms with Crippen molar-refractivity contribution in [2.75, 3.05) is 16.8 Å². The molecule has 0 saturated heterocycles. The fourth-order valence-corrected chi connectivity index (χ4v) is 3.26. The van der Waals surface area contributed by atoms with Crippen molar-refractivity contribution in [3.63, 3.8) is 0 Å². The Hall–Kier alpha value is -4.57. The normalized spacial score (nSPS) is 14.7. The van der Waals surface area contributed by atoms with Gasteiger partial charge in [0.2, 0.25) is 5.96 Å². The number of nitrogens with zero attached hydrogens (tertiary/aromatic N) is 6. The Balaban J connectivity index is 1.89. The van der Waals surface area contributed by atoms with Gasteiger partial charge in [-0.2, -0.15) is 15.6 Å². The van der Waals surface area contributed by atoms with Gasteiger partial charge in [-0.25, -0.2) is 9.98 Å². The van der Waals surface area contributed by atoms with Gasteiger partial charge in [0.1, 0.15) is 29.3 Å². The van der Waals surface area contributed by atoms with Crippen LogP contribution < -0.4 is 22.1 Å². The first kappa shape index (κ1) is 17.8. The van der Waals surface area contributed by atoms with Gasteiger partial charge >= 0.3 is 0 Å². The summed E-state index contributed by atoms with van der Waals surface area (Å²) < 4.78 is 1.72. The molecule has 1 aromatic carbocycles. The number of anilines is 3. The van der Waals surface area contributed by atoms with E-state index in [4.69, 9.17) is 16.7 Å². The van der Waals surface area contributed by atoms with Gasteiger partial charge in [0.25, 0.3) is 0 Å². The van der Waals surface area contributed by atoms with E-state index in [1.807, 2.05) is 55.8 Å². The highest BCUT2D eigenvalue weighted by Gasteiger charge is 2.29. The van der Waals surface area contributed by atoms with Crippen molar-refractivity contribution < 1.29 is 0 Å². The topological polar surface area (TPSA) is 167 Å². The van der Waals surface area contributed by atoms with E-state index in [1.165, 1.54) is 0 Å². The molecule has 6 N–H and O–H groups in total. The number of aromatic nitrogens is 3. The lowest BCUT2D eigenvalue weighted by atomic mass is 9.93. The number of aryl methyl sites for hydroxylation is 1. The van der Waals surface area contributed by atoms with E-state index in [0.717, 1.165) is 16.8 Å². The smallest absolute Gasteiger partial charge is 0.211 e. The molecule has 0 fully saturated rings. The number of nitrogens with one attached hydrogen (secondary N) is 2. The number of fused-ring (bicyclic) bond motifs is 1. The minimum atomic E-state index is -0.592. The Labute approximate surface area is 166 Å². The molecular formula is C19H16N10. The maximum Gasteiger partial charge on any atom is 0.211 e.